The summed E-state index contributed by atoms with van der Waals surface area (Å²) < 4.78 is 11.8. The molecule has 0 aliphatic heterocycles. The minimum atomic E-state index is -1.23. The zero-order valence-electron chi connectivity index (χ0n) is 15.6. The first-order chi connectivity index (χ1) is 14.0. The van der Waals surface area contributed by atoms with Crippen LogP contribution >= 0.6 is 0 Å². The van der Waals surface area contributed by atoms with E-state index < -0.39 is 18.0 Å². The lowest BCUT2D eigenvalue weighted by Gasteiger charge is -2.16. The molecule has 0 aliphatic rings. The summed E-state index contributed by atoms with van der Waals surface area (Å²) in [4.78, 5) is 33.6. The molecular formula is C19H16N6O4. The fourth-order valence-corrected chi connectivity index (χ4v) is 2.67. The standard InChI is InChI=1S/C19H16N6O4/c1-11-8-9-20-19-22-16(23-25(11)19)18(27)28-15(13-6-4-3-5-7-13)17(26)21-14-10-12(2)29-24-14/h3-10,15H,1-2H3,(H,21,24,26). The molecule has 3 aromatic heterocycles. The second-order valence-corrected chi connectivity index (χ2v) is 6.24. The molecule has 0 bridgehead atoms. The van der Waals surface area contributed by atoms with Gasteiger partial charge in [-0.3, -0.25) is 4.79 Å². The summed E-state index contributed by atoms with van der Waals surface area (Å²) in [5.41, 5.74) is 1.23. The number of rotatable bonds is 5. The molecule has 10 heteroatoms. The number of esters is 1. The number of anilines is 1. The highest BCUT2D eigenvalue weighted by Crippen LogP contribution is 2.21. The van der Waals surface area contributed by atoms with Crippen LogP contribution in [0.2, 0.25) is 0 Å². The molecule has 0 saturated heterocycles. The highest BCUT2D eigenvalue weighted by molar-refractivity contribution is 5.96. The van der Waals surface area contributed by atoms with Gasteiger partial charge in [0.15, 0.2) is 5.82 Å². The molecule has 1 N–H and O–H groups in total. The summed E-state index contributed by atoms with van der Waals surface area (Å²) in [7, 11) is 0. The zero-order valence-corrected chi connectivity index (χ0v) is 15.6. The number of aryl methyl sites for hydroxylation is 2. The van der Waals surface area contributed by atoms with Gasteiger partial charge in [0.2, 0.25) is 6.10 Å². The van der Waals surface area contributed by atoms with Gasteiger partial charge in [-0.1, -0.05) is 35.5 Å². The molecule has 29 heavy (non-hydrogen) atoms. The molecule has 0 aliphatic carbocycles. The lowest BCUT2D eigenvalue weighted by Crippen LogP contribution is -2.26. The van der Waals surface area contributed by atoms with Crippen molar-refractivity contribution < 1.29 is 18.8 Å². The minimum Gasteiger partial charge on any atom is -0.441 e. The first kappa shape index (κ1) is 18.3. The number of nitrogens with zero attached hydrogens (tertiary/aromatic N) is 5. The molecule has 4 rings (SSSR count). The average molecular weight is 392 g/mol. The van der Waals surface area contributed by atoms with Crippen molar-refractivity contribution in [3.63, 3.8) is 0 Å². The fourth-order valence-electron chi connectivity index (χ4n) is 2.67. The summed E-state index contributed by atoms with van der Waals surface area (Å²) in [6, 6.07) is 11.9. The van der Waals surface area contributed by atoms with Crippen molar-refractivity contribution in [3.05, 3.63) is 71.5 Å². The van der Waals surface area contributed by atoms with E-state index in [2.05, 4.69) is 25.5 Å². The first-order valence-corrected chi connectivity index (χ1v) is 8.70. The number of carbonyl (C=O) groups is 2. The van der Waals surface area contributed by atoms with Gasteiger partial charge < -0.3 is 14.6 Å². The number of hydrogen-bond acceptors (Lipinski definition) is 8. The Labute approximate surface area is 164 Å². The molecule has 1 amide bonds. The van der Waals surface area contributed by atoms with Gasteiger partial charge in [0.25, 0.3) is 17.5 Å². The van der Waals surface area contributed by atoms with Crippen LogP contribution in [-0.4, -0.2) is 36.6 Å². The van der Waals surface area contributed by atoms with Crippen LogP contribution in [0.4, 0.5) is 5.82 Å². The molecule has 3 heterocycles. The molecule has 4 aromatic rings. The Kier molecular flexibility index (Phi) is 4.73. The lowest BCUT2D eigenvalue weighted by molar-refractivity contribution is -0.125. The van der Waals surface area contributed by atoms with Crippen molar-refractivity contribution in [2.24, 2.45) is 0 Å². The Morgan fingerprint density at radius 1 is 1.17 bits per heavy atom. The second kappa shape index (κ2) is 7.50. The lowest BCUT2D eigenvalue weighted by atomic mass is 10.1. The Morgan fingerprint density at radius 2 is 1.97 bits per heavy atom. The maximum atomic E-state index is 12.8. The van der Waals surface area contributed by atoms with Gasteiger partial charge in [0.05, 0.1) is 0 Å². The van der Waals surface area contributed by atoms with Gasteiger partial charge in [-0.25, -0.2) is 14.3 Å². The largest absolute Gasteiger partial charge is 0.441 e. The summed E-state index contributed by atoms with van der Waals surface area (Å²) in [5, 5.41) is 10.4. The van der Waals surface area contributed by atoms with E-state index in [9.17, 15) is 9.59 Å². The number of aromatic nitrogens is 5. The zero-order chi connectivity index (χ0) is 20.4. The normalized spacial score (nSPS) is 11.9. The van der Waals surface area contributed by atoms with Gasteiger partial charge in [0, 0.05) is 23.5 Å². The van der Waals surface area contributed by atoms with E-state index >= 15 is 0 Å². The molecule has 1 atom stereocenters. The molecular weight excluding hydrogens is 376 g/mol. The van der Waals surface area contributed by atoms with Crippen molar-refractivity contribution >= 4 is 23.5 Å². The van der Waals surface area contributed by atoms with Crippen LogP contribution in [0.3, 0.4) is 0 Å². The number of ether oxygens (including phenoxy) is 1. The molecule has 10 nitrogen and oxygen atoms in total. The van der Waals surface area contributed by atoms with Gasteiger partial charge in [0.1, 0.15) is 5.76 Å². The van der Waals surface area contributed by atoms with Crippen LogP contribution in [0.25, 0.3) is 5.78 Å². The number of hydrogen-bond donors (Lipinski definition) is 1. The van der Waals surface area contributed by atoms with Crippen molar-refractivity contribution in [1.29, 1.82) is 0 Å². The maximum Gasteiger partial charge on any atom is 0.379 e. The van der Waals surface area contributed by atoms with Crippen LogP contribution in [0.1, 0.15) is 33.7 Å². The molecule has 0 fully saturated rings. The predicted octanol–water partition coefficient (Wildman–Crippen LogP) is 2.27. The fraction of sp³-hybridized carbons (Fsp3) is 0.158. The SMILES string of the molecule is Cc1cc(NC(=O)C(OC(=O)c2nc3nccc(C)n3n2)c2ccccc2)no1. The summed E-state index contributed by atoms with van der Waals surface area (Å²) in [5.74, 6) is -0.625. The first-order valence-electron chi connectivity index (χ1n) is 8.70. The second-order valence-electron chi connectivity index (χ2n) is 6.24. The van der Waals surface area contributed by atoms with E-state index in [1.54, 1.807) is 62.5 Å². The number of nitrogens with one attached hydrogen (secondary N) is 1. The molecule has 1 unspecified atom stereocenters. The molecule has 0 saturated carbocycles. The van der Waals surface area contributed by atoms with Gasteiger partial charge in [-0.05, 0) is 19.9 Å². The number of carbonyl (C=O) groups excluding carboxylic acids is 2. The molecule has 0 spiro atoms. The summed E-state index contributed by atoms with van der Waals surface area (Å²) in [6.45, 7) is 3.50. The third kappa shape index (κ3) is 3.81. The highest BCUT2D eigenvalue weighted by Gasteiger charge is 2.28. The number of fused-ring (bicyclic) bond motifs is 1. The van der Waals surface area contributed by atoms with Crippen LogP contribution in [0, 0.1) is 13.8 Å². The predicted molar refractivity (Wildman–Crippen MR) is 100.0 cm³/mol. The minimum absolute atomic E-state index is 0.196. The van der Waals surface area contributed by atoms with E-state index in [0.717, 1.165) is 5.69 Å². The third-order valence-corrected chi connectivity index (χ3v) is 4.06. The van der Waals surface area contributed by atoms with Crippen LogP contribution < -0.4 is 5.32 Å². The Balaban J connectivity index is 1.61. The van der Waals surface area contributed by atoms with E-state index in [0.29, 0.717) is 11.3 Å². The molecule has 146 valence electrons. The number of benzene rings is 1. The van der Waals surface area contributed by atoms with E-state index in [1.165, 1.54) is 4.52 Å². The van der Waals surface area contributed by atoms with Gasteiger partial charge in [-0.15, -0.1) is 5.10 Å². The summed E-state index contributed by atoms with van der Waals surface area (Å²) in [6.07, 6.45) is 0.329. The highest BCUT2D eigenvalue weighted by atomic mass is 16.5. The van der Waals surface area contributed by atoms with Crippen molar-refractivity contribution in [1.82, 2.24) is 24.7 Å². The van der Waals surface area contributed by atoms with Gasteiger partial charge >= 0.3 is 5.97 Å². The van der Waals surface area contributed by atoms with Crippen molar-refractivity contribution in [3.8, 4) is 0 Å². The average Bonchev–Trinajstić information content (AvgIpc) is 3.33. The quantitative estimate of drug-likeness (QED) is 0.513. The van der Waals surface area contributed by atoms with Gasteiger partial charge in [-0.2, -0.15) is 4.98 Å². The summed E-state index contributed by atoms with van der Waals surface area (Å²) >= 11 is 0. The van der Waals surface area contributed by atoms with Crippen LogP contribution in [0.5, 0.6) is 0 Å². The monoisotopic (exact) mass is 392 g/mol. The topological polar surface area (TPSA) is 125 Å². The Morgan fingerprint density at radius 3 is 2.66 bits per heavy atom. The third-order valence-electron chi connectivity index (χ3n) is 4.06. The Hall–Kier alpha value is -4.08. The van der Waals surface area contributed by atoms with Crippen LogP contribution in [-0.2, 0) is 9.53 Å². The maximum absolute atomic E-state index is 12.8. The molecule has 0 radical (unpaired) electrons. The van der Waals surface area contributed by atoms with Crippen molar-refractivity contribution in [2.45, 2.75) is 20.0 Å². The molecule has 1 aromatic carbocycles. The number of amides is 1. The smallest absolute Gasteiger partial charge is 0.379 e. The van der Waals surface area contributed by atoms with E-state index in [4.69, 9.17) is 9.26 Å². The van der Waals surface area contributed by atoms with Crippen LogP contribution in [0.15, 0.2) is 53.2 Å². The van der Waals surface area contributed by atoms with E-state index in [1.807, 2.05) is 0 Å². The van der Waals surface area contributed by atoms with Crippen molar-refractivity contribution in [2.75, 3.05) is 5.32 Å². The Bertz CT molecular complexity index is 1180. The van der Waals surface area contributed by atoms with E-state index in [-0.39, 0.29) is 17.4 Å².